The molecule has 2 atom stereocenters. The van der Waals surface area contributed by atoms with Gasteiger partial charge in [-0.3, -0.25) is 4.79 Å². The monoisotopic (exact) mass is 264 g/mol. The molecule has 1 aromatic carbocycles. The Balaban J connectivity index is 1.83. The van der Waals surface area contributed by atoms with Gasteiger partial charge in [-0.15, -0.1) is 0 Å². The first-order valence-corrected chi connectivity index (χ1v) is 6.88. The van der Waals surface area contributed by atoms with E-state index in [1.807, 2.05) is 23.1 Å². The van der Waals surface area contributed by atoms with Crippen LogP contribution in [0.4, 0.5) is 5.69 Å². The molecule has 1 aliphatic carbocycles. The molecule has 3 rings (SSSR count). The van der Waals surface area contributed by atoms with Gasteiger partial charge in [-0.1, -0.05) is 17.7 Å². The number of benzene rings is 1. The zero-order valence-corrected chi connectivity index (χ0v) is 11.0. The third-order valence-electron chi connectivity index (χ3n) is 4.03. The molecule has 1 aliphatic heterocycles. The van der Waals surface area contributed by atoms with Crippen molar-refractivity contribution in [2.75, 3.05) is 11.4 Å². The second-order valence-corrected chi connectivity index (χ2v) is 5.72. The minimum Gasteiger partial charge on any atom is -0.328 e. The van der Waals surface area contributed by atoms with Crippen LogP contribution >= 0.6 is 11.6 Å². The van der Waals surface area contributed by atoms with Crippen molar-refractivity contribution in [1.29, 1.82) is 0 Å². The zero-order chi connectivity index (χ0) is 12.7. The summed E-state index contributed by atoms with van der Waals surface area (Å²) in [5.41, 5.74) is 8.10. The predicted molar refractivity (Wildman–Crippen MR) is 72.8 cm³/mol. The molecule has 1 aromatic rings. The van der Waals surface area contributed by atoms with Crippen LogP contribution in [0.15, 0.2) is 18.2 Å². The van der Waals surface area contributed by atoms with Crippen LogP contribution < -0.4 is 10.6 Å². The van der Waals surface area contributed by atoms with Crippen LogP contribution in [0.1, 0.15) is 24.8 Å². The van der Waals surface area contributed by atoms with E-state index in [2.05, 4.69) is 0 Å². The highest BCUT2D eigenvalue weighted by atomic mass is 35.5. The normalized spacial score (nSPS) is 26.4. The molecule has 1 amide bonds. The van der Waals surface area contributed by atoms with Crippen molar-refractivity contribution >= 4 is 23.2 Å². The van der Waals surface area contributed by atoms with Gasteiger partial charge in [-0.05, 0) is 43.4 Å². The van der Waals surface area contributed by atoms with Crippen molar-refractivity contribution in [3.63, 3.8) is 0 Å². The van der Waals surface area contributed by atoms with Crippen molar-refractivity contribution in [2.45, 2.75) is 31.7 Å². The van der Waals surface area contributed by atoms with Gasteiger partial charge in [0.25, 0.3) is 0 Å². The fourth-order valence-electron chi connectivity index (χ4n) is 3.04. The number of amides is 1. The Kier molecular flexibility index (Phi) is 3.04. The van der Waals surface area contributed by atoms with Gasteiger partial charge in [-0.2, -0.15) is 0 Å². The molecule has 0 spiro atoms. The third-order valence-corrected chi connectivity index (χ3v) is 4.27. The molecule has 96 valence electrons. The molecule has 1 saturated carbocycles. The molecule has 0 bridgehead atoms. The van der Waals surface area contributed by atoms with Gasteiger partial charge >= 0.3 is 0 Å². The average molecular weight is 265 g/mol. The number of hydrogen-bond donors (Lipinski definition) is 1. The topological polar surface area (TPSA) is 46.3 Å². The second-order valence-electron chi connectivity index (χ2n) is 5.28. The maximum atomic E-state index is 12.5. The molecule has 0 aromatic heterocycles. The average Bonchev–Trinajstić information content (AvgIpc) is 2.94. The fraction of sp³-hybridized carbons (Fsp3) is 0.500. The van der Waals surface area contributed by atoms with E-state index in [9.17, 15) is 4.79 Å². The molecule has 3 nitrogen and oxygen atoms in total. The number of hydrogen-bond acceptors (Lipinski definition) is 2. The molecule has 4 heteroatoms. The Hall–Kier alpha value is -1.06. The summed E-state index contributed by atoms with van der Waals surface area (Å²) >= 11 is 6.02. The lowest BCUT2D eigenvalue weighted by Gasteiger charge is -2.21. The van der Waals surface area contributed by atoms with Gasteiger partial charge < -0.3 is 10.6 Å². The van der Waals surface area contributed by atoms with Crippen molar-refractivity contribution in [2.24, 2.45) is 11.7 Å². The summed E-state index contributed by atoms with van der Waals surface area (Å²) < 4.78 is 0. The Labute approximate surface area is 112 Å². The molecular formula is C14H17ClN2O. The van der Waals surface area contributed by atoms with Gasteiger partial charge in [0.05, 0.1) is 0 Å². The van der Waals surface area contributed by atoms with Crippen LogP contribution in [-0.4, -0.2) is 18.5 Å². The molecular weight excluding hydrogens is 248 g/mol. The van der Waals surface area contributed by atoms with E-state index in [0.29, 0.717) is 5.02 Å². The van der Waals surface area contributed by atoms with Crippen molar-refractivity contribution < 1.29 is 4.79 Å². The maximum absolute atomic E-state index is 12.5. The maximum Gasteiger partial charge on any atom is 0.230 e. The number of halogens is 1. The first-order chi connectivity index (χ1) is 8.65. The highest BCUT2D eigenvalue weighted by molar-refractivity contribution is 6.31. The van der Waals surface area contributed by atoms with Crippen LogP contribution in [0.2, 0.25) is 5.02 Å². The first kappa shape index (κ1) is 12.0. The molecule has 18 heavy (non-hydrogen) atoms. The highest BCUT2D eigenvalue weighted by Crippen LogP contribution is 2.34. The minimum atomic E-state index is 0.102. The third kappa shape index (κ3) is 2.02. The SMILES string of the molecule is N[C@H]1CC[C@@H](C(=O)N2CCc3ccc(Cl)cc32)C1. The number of fused-ring (bicyclic) bond motifs is 1. The summed E-state index contributed by atoms with van der Waals surface area (Å²) in [5, 5.41) is 0.691. The standard InChI is InChI=1S/C14H17ClN2O/c15-11-3-1-9-5-6-17(13(9)8-11)14(18)10-2-4-12(16)7-10/h1,3,8,10,12H,2,4-7,16H2/t10-,12+/m1/s1. The Morgan fingerprint density at radius 2 is 2.22 bits per heavy atom. The zero-order valence-electron chi connectivity index (χ0n) is 10.2. The minimum absolute atomic E-state index is 0.102. The van der Waals surface area contributed by atoms with Crippen LogP contribution in [0.5, 0.6) is 0 Å². The number of anilines is 1. The van der Waals surface area contributed by atoms with Gasteiger partial charge in [0, 0.05) is 29.2 Å². The Bertz CT molecular complexity index is 489. The van der Waals surface area contributed by atoms with E-state index in [-0.39, 0.29) is 17.9 Å². The van der Waals surface area contributed by atoms with Crippen molar-refractivity contribution in [3.05, 3.63) is 28.8 Å². The molecule has 1 heterocycles. The van der Waals surface area contributed by atoms with Crippen molar-refractivity contribution in [3.8, 4) is 0 Å². The number of carbonyl (C=O) groups is 1. The summed E-state index contributed by atoms with van der Waals surface area (Å²) in [5.74, 6) is 0.328. The highest BCUT2D eigenvalue weighted by Gasteiger charge is 2.34. The van der Waals surface area contributed by atoms with Gasteiger partial charge in [0.1, 0.15) is 0 Å². The van der Waals surface area contributed by atoms with Gasteiger partial charge in [0.2, 0.25) is 5.91 Å². The number of nitrogens with two attached hydrogens (primary N) is 1. The van der Waals surface area contributed by atoms with Crippen LogP contribution in [-0.2, 0) is 11.2 Å². The summed E-state index contributed by atoms with van der Waals surface area (Å²) in [6.45, 7) is 0.778. The lowest BCUT2D eigenvalue weighted by atomic mass is 10.1. The van der Waals surface area contributed by atoms with Crippen LogP contribution in [0.25, 0.3) is 0 Å². The van der Waals surface area contributed by atoms with E-state index < -0.39 is 0 Å². The molecule has 0 saturated heterocycles. The van der Waals surface area contributed by atoms with Gasteiger partial charge in [-0.25, -0.2) is 0 Å². The van der Waals surface area contributed by atoms with E-state index in [1.165, 1.54) is 5.56 Å². The predicted octanol–water partition coefficient (Wildman–Crippen LogP) is 2.36. The van der Waals surface area contributed by atoms with E-state index >= 15 is 0 Å². The fourth-order valence-corrected chi connectivity index (χ4v) is 3.21. The molecule has 2 aliphatic rings. The number of nitrogens with zero attached hydrogens (tertiary/aromatic N) is 1. The number of carbonyl (C=O) groups excluding carboxylic acids is 1. The molecule has 0 radical (unpaired) electrons. The van der Waals surface area contributed by atoms with Crippen LogP contribution in [0, 0.1) is 5.92 Å². The summed E-state index contributed by atoms with van der Waals surface area (Å²) in [4.78, 5) is 14.4. The molecule has 0 unspecified atom stereocenters. The molecule has 2 N–H and O–H groups in total. The Morgan fingerprint density at radius 1 is 1.39 bits per heavy atom. The molecule has 1 fully saturated rings. The van der Waals surface area contributed by atoms with Gasteiger partial charge in [0.15, 0.2) is 0 Å². The van der Waals surface area contributed by atoms with E-state index in [4.69, 9.17) is 17.3 Å². The van der Waals surface area contributed by atoms with E-state index in [0.717, 1.165) is 37.9 Å². The first-order valence-electron chi connectivity index (χ1n) is 6.50. The quantitative estimate of drug-likeness (QED) is 0.846. The van der Waals surface area contributed by atoms with Crippen LogP contribution in [0.3, 0.4) is 0 Å². The lowest BCUT2D eigenvalue weighted by Crippen LogP contribution is -2.34. The smallest absolute Gasteiger partial charge is 0.230 e. The summed E-state index contributed by atoms with van der Waals surface area (Å²) in [6.07, 6.45) is 3.64. The lowest BCUT2D eigenvalue weighted by molar-refractivity contribution is -0.122. The summed E-state index contributed by atoms with van der Waals surface area (Å²) in [6, 6.07) is 6.00. The largest absolute Gasteiger partial charge is 0.328 e. The summed E-state index contributed by atoms with van der Waals surface area (Å²) in [7, 11) is 0. The van der Waals surface area contributed by atoms with E-state index in [1.54, 1.807) is 0 Å². The number of rotatable bonds is 1. The van der Waals surface area contributed by atoms with Crippen molar-refractivity contribution in [1.82, 2.24) is 0 Å². The second kappa shape index (κ2) is 4.56. The Morgan fingerprint density at radius 3 is 2.94 bits per heavy atom.